The van der Waals surface area contributed by atoms with Crippen molar-refractivity contribution < 1.29 is 39.9 Å². The van der Waals surface area contributed by atoms with Crippen molar-refractivity contribution in [3.8, 4) is 40.9 Å². The van der Waals surface area contributed by atoms with E-state index in [2.05, 4.69) is 40.8 Å². The molecule has 5 aliphatic rings. The van der Waals surface area contributed by atoms with E-state index < -0.39 is 35.1 Å². The van der Waals surface area contributed by atoms with Gasteiger partial charge in [-0.3, -0.25) is 9.59 Å². The molecule has 2 heterocycles. The second kappa shape index (κ2) is 20.8. The summed E-state index contributed by atoms with van der Waals surface area (Å²) in [6, 6.07) is 16.3. The molecule has 7 atom stereocenters. The number of hydrogen-bond acceptors (Lipinski definition) is 12. The van der Waals surface area contributed by atoms with Crippen LogP contribution in [-0.4, -0.2) is 73.3 Å². The number of hydrogen-bond donors (Lipinski definition) is 8. The number of aromatic hydroxyl groups is 2. The van der Waals surface area contributed by atoms with Crippen molar-refractivity contribution in [2.24, 2.45) is 33.6 Å². The van der Waals surface area contributed by atoms with Crippen molar-refractivity contribution in [1.29, 1.82) is 0 Å². The molecule has 10 N–H and O–H groups in total. The normalized spacial score (nSPS) is 28.2. The van der Waals surface area contributed by atoms with Gasteiger partial charge in [0.05, 0.1) is 38.0 Å². The highest BCUT2D eigenvalue weighted by Gasteiger charge is 2.55. The number of phenolic OH excluding ortho intramolecular Hbond substituents is 2. The number of benzene rings is 3. The van der Waals surface area contributed by atoms with Gasteiger partial charge >= 0.3 is 0 Å². The van der Waals surface area contributed by atoms with Gasteiger partial charge in [-0.25, -0.2) is 0 Å². The lowest BCUT2D eigenvalue weighted by Crippen LogP contribution is -2.35. The average Bonchev–Trinajstić information content (AvgIpc) is 4.04. The molecule has 0 spiro atoms. The highest BCUT2D eigenvalue weighted by molar-refractivity contribution is 8.76. The minimum atomic E-state index is -0.845. The van der Waals surface area contributed by atoms with Gasteiger partial charge < -0.3 is 46.7 Å². The van der Waals surface area contributed by atoms with E-state index in [0.717, 1.165) is 59.2 Å². The van der Waals surface area contributed by atoms with Crippen LogP contribution >= 0.6 is 21.6 Å². The predicted molar refractivity (Wildman–Crippen MR) is 271 cm³/mol. The molecule has 362 valence electrons. The number of Topliss-reactive ketones (excluding diaryl/α,β-unsaturated/α-hetero) is 1. The lowest BCUT2D eigenvalue weighted by Gasteiger charge is -2.39. The maximum absolute atomic E-state index is 14.3. The number of ether oxygens (including phenoxy) is 1. The van der Waals surface area contributed by atoms with Crippen molar-refractivity contribution in [2.45, 2.75) is 120 Å². The Morgan fingerprint density at radius 1 is 0.928 bits per heavy atom. The molecule has 9 rings (SSSR count). The highest BCUT2D eigenvalue weighted by atomic mass is 33.1. The van der Waals surface area contributed by atoms with Crippen molar-refractivity contribution in [3.63, 3.8) is 0 Å². The number of phenols is 2. The first-order valence-corrected chi connectivity index (χ1v) is 26.8. The Balaban J connectivity index is 1.12. The van der Waals surface area contributed by atoms with Gasteiger partial charge in [-0.2, -0.15) is 0 Å². The van der Waals surface area contributed by atoms with Gasteiger partial charge in [0.25, 0.3) is 0 Å². The van der Waals surface area contributed by atoms with Crippen LogP contribution in [0, 0.1) is 45.8 Å². The third kappa shape index (κ3) is 10.6. The van der Waals surface area contributed by atoms with Crippen LogP contribution in [0.15, 0.2) is 72.9 Å². The second-order valence-electron chi connectivity index (χ2n) is 20.3. The number of aromatic nitrogens is 1. The number of rotatable bonds is 4. The predicted octanol–water partition coefficient (Wildman–Crippen LogP) is 8.07. The number of carbonyl (C=O) groups excluding carboxylic acids is 2. The van der Waals surface area contributed by atoms with E-state index in [1.165, 1.54) is 0 Å². The van der Waals surface area contributed by atoms with E-state index in [1.807, 2.05) is 18.2 Å². The summed E-state index contributed by atoms with van der Waals surface area (Å²) in [5, 5.41) is 55.5. The number of aliphatic hydroxyl groups excluding tert-OH is 3. The second-order valence-corrected chi connectivity index (χ2v) is 22.7. The molecule has 11 nitrogen and oxygen atoms in total. The van der Waals surface area contributed by atoms with Gasteiger partial charge in [-0.05, 0) is 126 Å². The molecule has 69 heavy (non-hydrogen) atoms. The summed E-state index contributed by atoms with van der Waals surface area (Å²) in [4.78, 5) is 31.2. The zero-order valence-corrected chi connectivity index (χ0v) is 40.6. The van der Waals surface area contributed by atoms with Gasteiger partial charge in [0, 0.05) is 83.0 Å². The number of aryl methyl sites for hydroxylation is 1. The minimum Gasteiger partial charge on any atom is -0.508 e. The Labute approximate surface area is 412 Å². The van der Waals surface area contributed by atoms with E-state index in [-0.39, 0.29) is 60.5 Å². The largest absolute Gasteiger partial charge is 0.508 e. The summed E-state index contributed by atoms with van der Waals surface area (Å²) in [7, 11) is 3.32. The Morgan fingerprint density at radius 2 is 1.75 bits per heavy atom. The standard InChI is InChI=1S/C56H63N3O8S2/c57-53(58)44-26-37-4-1-7-47-42(15-22-59-47)50(65)28-45-43(37)27-38(44)32-68-69-34-56-18-3-6-39-5-2-17-55(39,29-41(62)31-60)21-20-54(33-56,30-52(56)66)19-14-40(61)11-8-35-10-13-49(64)51(25-35)67-23-16-36-9-12-48(63)46(45)24-36/h9-10,12-15,19,22,24-27,39,41,45,52-53,59-60,62-64,66H,2,5,7-8,11,16-18,20-21,23,28-34,57-58H2/b19-14+/t39-,41+,45+,52+,54-,55-,56-/m1/s1. The maximum atomic E-state index is 14.3. The monoisotopic (exact) mass is 969 g/mol. The van der Waals surface area contributed by atoms with Crippen molar-refractivity contribution in [2.75, 3.05) is 19.0 Å². The summed E-state index contributed by atoms with van der Waals surface area (Å²) >= 11 is 0. The molecule has 1 aliphatic heterocycles. The van der Waals surface area contributed by atoms with Crippen LogP contribution < -0.4 is 16.2 Å². The molecule has 0 unspecified atom stereocenters. The summed E-state index contributed by atoms with van der Waals surface area (Å²) in [6.07, 6.45) is 11.0. The van der Waals surface area contributed by atoms with Crippen molar-refractivity contribution in [3.05, 3.63) is 123 Å². The molecule has 0 amide bonds. The molecule has 0 radical (unpaired) electrons. The molecule has 8 bridgehead atoms. The van der Waals surface area contributed by atoms with Gasteiger partial charge in [-0.15, -0.1) is 5.92 Å². The molecule has 3 aromatic carbocycles. The Morgan fingerprint density at radius 3 is 2.58 bits per heavy atom. The third-order valence-electron chi connectivity index (χ3n) is 15.7. The molecule has 13 heteroatoms. The number of ketones is 2. The van der Waals surface area contributed by atoms with Crippen LogP contribution in [0.4, 0.5) is 0 Å². The average molecular weight is 970 g/mol. The first-order valence-electron chi connectivity index (χ1n) is 24.3. The van der Waals surface area contributed by atoms with Gasteiger partial charge in [0.15, 0.2) is 23.1 Å². The number of nitrogens with one attached hydrogen (secondary N) is 1. The van der Waals surface area contributed by atoms with Crippen LogP contribution in [0.2, 0.25) is 0 Å². The van der Waals surface area contributed by atoms with Crippen LogP contribution in [0.3, 0.4) is 0 Å². The first-order chi connectivity index (χ1) is 33.3. The SMILES string of the molecule is NC(N)c1cc2c3cc1CSSC[C@]14CC#C[C@H]5CCC[C@]5(C[C@H](O)CO)CC[C@](/C=C/C(=O)CCc5ccc(O)c(c5)OCCc5ccc(O)c(c5)[C@H]3CC(=O)c3cc[nH]c3CC#C2)(C[C@@H]1O)C4. The number of aromatic amines is 1. The molecule has 1 aromatic heterocycles. The molecule has 4 aliphatic carbocycles. The summed E-state index contributed by atoms with van der Waals surface area (Å²) < 4.78 is 6.17. The van der Waals surface area contributed by atoms with Gasteiger partial charge in [0.1, 0.15) is 5.75 Å². The Kier molecular flexibility index (Phi) is 14.8. The summed E-state index contributed by atoms with van der Waals surface area (Å²) in [5.41, 5.74) is 18.3. The summed E-state index contributed by atoms with van der Waals surface area (Å²) in [5.74, 6) is 14.6. The molecule has 4 aromatic rings. The fraction of sp³-hybridized carbons (Fsp3) is 0.464. The highest BCUT2D eigenvalue weighted by Crippen LogP contribution is 2.60. The quantitative estimate of drug-likeness (QED) is 0.0554. The number of carbonyl (C=O) groups is 2. The molecular formula is C56H63N3O8S2. The van der Waals surface area contributed by atoms with E-state index in [1.54, 1.807) is 64.2 Å². The van der Waals surface area contributed by atoms with E-state index in [9.17, 15) is 35.1 Å². The third-order valence-corrected chi connectivity index (χ3v) is 18.2. The molecule has 2 saturated carbocycles. The van der Waals surface area contributed by atoms with Crippen LogP contribution in [-0.2, 0) is 29.8 Å². The van der Waals surface area contributed by atoms with E-state index in [0.29, 0.717) is 85.3 Å². The Bertz CT molecular complexity index is 2750. The van der Waals surface area contributed by atoms with Gasteiger partial charge in [0.2, 0.25) is 0 Å². The first kappa shape index (κ1) is 49.0. The number of fused-ring (bicyclic) bond motifs is 8. The fourth-order valence-corrected chi connectivity index (χ4v) is 14.7. The molecular weight excluding hydrogens is 907 g/mol. The lowest BCUT2D eigenvalue weighted by atomic mass is 9.65. The zero-order valence-electron chi connectivity index (χ0n) is 39.0. The fourth-order valence-electron chi connectivity index (χ4n) is 11.9. The zero-order chi connectivity index (χ0) is 48.3. The lowest BCUT2D eigenvalue weighted by molar-refractivity contribution is -0.114. The maximum Gasteiger partial charge on any atom is 0.165 e. The number of aliphatic hydroxyl groups is 3. The van der Waals surface area contributed by atoms with E-state index >= 15 is 0 Å². The van der Waals surface area contributed by atoms with Gasteiger partial charge in [-0.1, -0.05) is 76.1 Å². The van der Waals surface area contributed by atoms with Crippen molar-refractivity contribution >= 4 is 33.2 Å². The molecule has 2 fully saturated rings. The summed E-state index contributed by atoms with van der Waals surface area (Å²) in [6.45, 7) is -0.0996. The number of allylic oxidation sites excluding steroid dienone is 2. The Hall–Kier alpha value is -4.96. The minimum absolute atomic E-state index is 0.0175. The topological polar surface area (TPSA) is 212 Å². The van der Waals surface area contributed by atoms with E-state index in [4.69, 9.17) is 16.2 Å². The number of H-pyrrole nitrogens is 1. The molecule has 0 saturated heterocycles. The van der Waals surface area contributed by atoms with Crippen LogP contribution in [0.5, 0.6) is 17.2 Å². The van der Waals surface area contributed by atoms with Crippen LogP contribution in [0.25, 0.3) is 0 Å². The van der Waals surface area contributed by atoms with Crippen LogP contribution in [0.1, 0.15) is 138 Å². The smallest absolute Gasteiger partial charge is 0.165 e. The number of nitrogens with two attached hydrogens (primary N) is 2. The van der Waals surface area contributed by atoms with Crippen molar-refractivity contribution in [1.82, 2.24) is 4.98 Å².